The Morgan fingerprint density at radius 3 is 2.65 bits per heavy atom. The Balaban J connectivity index is 1.88. The number of primary amides is 1. The standard InChI is InChI=1S/C16H23N3O/c1-18-16(15(17)20,13-5-3-2-4-6-13)11-19-10-12-7-8-14(19)9-12/h2-6,12,14,18H,7-11H2,1H3,(H2,17,20). The molecule has 1 aliphatic heterocycles. The van der Waals surface area contributed by atoms with Crippen LogP contribution in [0.15, 0.2) is 30.3 Å². The summed E-state index contributed by atoms with van der Waals surface area (Å²) in [5.41, 5.74) is 5.93. The Labute approximate surface area is 120 Å². The van der Waals surface area contributed by atoms with Crippen LogP contribution in [-0.4, -0.2) is 37.0 Å². The van der Waals surface area contributed by atoms with Gasteiger partial charge >= 0.3 is 0 Å². The molecule has 3 rings (SSSR count). The summed E-state index contributed by atoms with van der Waals surface area (Å²) >= 11 is 0. The zero-order valence-electron chi connectivity index (χ0n) is 12.0. The van der Waals surface area contributed by atoms with Gasteiger partial charge in [-0.1, -0.05) is 30.3 Å². The third-order valence-electron chi connectivity index (χ3n) is 5.08. The number of hydrogen-bond donors (Lipinski definition) is 2. The van der Waals surface area contributed by atoms with E-state index in [1.807, 2.05) is 37.4 Å². The van der Waals surface area contributed by atoms with E-state index in [1.165, 1.54) is 19.3 Å². The van der Waals surface area contributed by atoms with Crippen molar-refractivity contribution in [3.8, 4) is 0 Å². The highest BCUT2D eigenvalue weighted by Gasteiger charge is 2.45. The van der Waals surface area contributed by atoms with Crippen LogP contribution in [0.2, 0.25) is 0 Å². The lowest BCUT2D eigenvalue weighted by Crippen LogP contribution is -2.58. The first-order chi connectivity index (χ1) is 9.65. The van der Waals surface area contributed by atoms with Gasteiger partial charge in [-0.2, -0.15) is 0 Å². The summed E-state index contributed by atoms with van der Waals surface area (Å²) in [6.07, 6.45) is 3.89. The molecular weight excluding hydrogens is 250 g/mol. The van der Waals surface area contributed by atoms with Gasteiger partial charge in [-0.3, -0.25) is 9.69 Å². The number of rotatable bonds is 5. The smallest absolute Gasteiger partial charge is 0.243 e. The Morgan fingerprint density at radius 1 is 1.40 bits per heavy atom. The molecule has 3 N–H and O–H groups in total. The predicted octanol–water partition coefficient (Wildman–Crippen LogP) is 1.07. The van der Waals surface area contributed by atoms with Gasteiger partial charge in [-0.05, 0) is 37.8 Å². The lowest BCUT2D eigenvalue weighted by atomic mass is 9.88. The monoisotopic (exact) mass is 273 g/mol. The quantitative estimate of drug-likeness (QED) is 0.844. The van der Waals surface area contributed by atoms with E-state index >= 15 is 0 Å². The zero-order chi connectivity index (χ0) is 14.2. The van der Waals surface area contributed by atoms with Crippen molar-refractivity contribution in [1.82, 2.24) is 10.2 Å². The molecule has 2 fully saturated rings. The average Bonchev–Trinajstić information content (AvgIpc) is 3.08. The van der Waals surface area contributed by atoms with Gasteiger partial charge in [0.25, 0.3) is 0 Å². The fourth-order valence-electron chi connectivity index (χ4n) is 3.91. The third-order valence-corrected chi connectivity index (χ3v) is 5.08. The molecule has 2 aliphatic rings. The van der Waals surface area contributed by atoms with Crippen LogP contribution in [0.4, 0.5) is 0 Å². The topological polar surface area (TPSA) is 58.4 Å². The maximum atomic E-state index is 12.2. The third kappa shape index (κ3) is 2.13. The van der Waals surface area contributed by atoms with E-state index in [-0.39, 0.29) is 5.91 Å². The number of nitrogens with zero attached hydrogens (tertiary/aromatic N) is 1. The van der Waals surface area contributed by atoms with Crippen molar-refractivity contribution < 1.29 is 4.79 Å². The van der Waals surface area contributed by atoms with Gasteiger partial charge < -0.3 is 11.1 Å². The highest BCUT2D eigenvalue weighted by atomic mass is 16.1. The molecule has 0 radical (unpaired) electrons. The Hall–Kier alpha value is -1.39. The van der Waals surface area contributed by atoms with Crippen LogP contribution in [0.5, 0.6) is 0 Å². The van der Waals surface area contributed by atoms with Crippen molar-refractivity contribution in [3.05, 3.63) is 35.9 Å². The number of nitrogens with two attached hydrogens (primary N) is 1. The average molecular weight is 273 g/mol. The van der Waals surface area contributed by atoms with E-state index in [1.54, 1.807) is 0 Å². The minimum atomic E-state index is -0.786. The van der Waals surface area contributed by atoms with Crippen LogP contribution < -0.4 is 11.1 Å². The second-order valence-electron chi connectivity index (χ2n) is 6.15. The molecule has 0 aromatic heterocycles. The van der Waals surface area contributed by atoms with E-state index in [9.17, 15) is 4.79 Å². The molecule has 1 aliphatic carbocycles. The zero-order valence-corrected chi connectivity index (χ0v) is 12.0. The van der Waals surface area contributed by atoms with Gasteiger partial charge in [0, 0.05) is 19.1 Å². The molecule has 1 heterocycles. The number of carbonyl (C=O) groups is 1. The van der Waals surface area contributed by atoms with E-state index in [0.717, 1.165) is 18.0 Å². The molecule has 108 valence electrons. The molecule has 1 amide bonds. The Morgan fingerprint density at radius 2 is 2.15 bits per heavy atom. The minimum Gasteiger partial charge on any atom is -0.368 e. The molecule has 3 atom stereocenters. The summed E-state index contributed by atoms with van der Waals surface area (Å²) in [5.74, 6) is 0.521. The van der Waals surface area contributed by atoms with E-state index in [0.29, 0.717) is 12.6 Å². The van der Waals surface area contributed by atoms with E-state index in [2.05, 4.69) is 10.2 Å². The molecule has 1 saturated heterocycles. The first-order valence-corrected chi connectivity index (χ1v) is 7.44. The molecule has 4 nitrogen and oxygen atoms in total. The van der Waals surface area contributed by atoms with Gasteiger partial charge in [-0.25, -0.2) is 0 Å². The molecule has 2 bridgehead atoms. The molecule has 0 spiro atoms. The van der Waals surface area contributed by atoms with Crippen molar-refractivity contribution >= 4 is 5.91 Å². The SMILES string of the molecule is CNC(CN1CC2CCC1C2)(C(N)=O)c1ccccc1. The molecule has 1 aromatic rings. The van der Waals surface area contributed by atoms with Gasteiger partial charge in [0.15, 0.2) is 0 Å². The number of carbonyl (C=O) groups excluding carboxylic acids is 1. The van der Waals surface area contributed by atoms with Gasteiger partial charge in [0.2, 0.25) is 5.91 Å². The number of hydrogen-bond acceptors (Lipinski definition) is 3. The number of benzene rings is 1. The molecule has 1 saturated carbocycles. The maximum absolute atomic E-state index is 12.2. The number of piperidine rings is 1. The summed E-state index contributed by atoms with van der Waals surface area (Å²) in [6, 6.07) is 10.5. The summed E-state index contributed by atoms with van der Waals surface area (Å²) < 4.78 is 0. The normalized spacial score (nSPS) is 28.4. The van der Waals surface area contributed by atoms with Crippen LogP contribution in [0.3, 0.4) is 0 Å². The van der Waals surface area contributed by atoms with Crippen molar-refractivity contribution in [2.45, 2.75) is 30.8 Å². The molecule has 4 heteroatoms. The first kappa shape index (κ1) is 13.6. The second-order valence-corrected chi connectivity index (χ2v) is 6.15. The van der Waals surface area contributed by atoms with Gasteiger partial charge in [0.05, 0.1) is 0 Å². The summed E-state index contributed by atoms with van der Waals surface area (Å²) in [6.45, 7) is 1.78. The lowest BCUT2D eigenvalue weighted by Gasteiger charge is -2.38. The molecule has 20 heavy (non-hydrogen) atoms. The van der Waals surface area contributed by atoms with Crippen LogP contribution in [0.1, 0.15) is 24.8 Å². The number of amides is 1. The lowest BCUT2D eigenvalue weighted by molar-refractivity contribution is -0.125. The van der Waals surface area contributed by atoms with Crippen molar-refractivity contribution in [3.63, 3.8) is 0 Å². The van der Waals surface area contributed by atoms with Crippen LogP contribution >= 0.6 is 0 Å². The molecule has 3 unspecified atom stereocenters. The number of nitrogens with one attached hydrogen (secondary N) is 1. The van der Waals surface area contributed by atoms with Crippen molar-refractivity contribution in [2.75, 3.05) is 20.1 Å². The Kier molecular flexibility index (Phi) is 3.52. The number of likely N-dealkylation sites (N-methyl/N-ethyl adjacent to an activating group) is 1. The van der Waals surface area contributed by atoms with Crippen molar-refractivity contribution in [1.29, 1.82) is 0 Å². The Bertz CT molecular complexity index is 490. The van der Waals surface area contributed by atoms with Crippen LogP contribution in [0.25, 0.3) is 0 Å². The largest absolute Gasteiger partial charge is 0.368 e. The first-order valence-electron chi connectivity index (χ1n) is 7.44. The summed E-state index contributed by atoms with van der Waals surface area (Å²) in [7, 11) is 1.83. The number of fused-ring (bicyclic) bond motifs is 2. The highest BCUT2D eigenvalue weighted by Crippen LogP contribution is 2.39. The summed E-state index contributed by atoms with van der Waals surface area (Å²) in [5, 5.41) is 3.20. The molecular formula is C16H23N3O. The van der Waals surface area contributed by atoms with Gasteiger partial charge in [0.1, 0.15) is 5.54 Å². The van der Waals surface area contributed by atoms with Gasteiger partial charge in [-0.15, -0.1) is 0 Å². The number of likely N-dealkylation sites (tertiary alicyclic amines) is 1. The minimum absolute atomic E-state index is 0.297. The predicted molar refractivity (Wildman–Crippen MR) is 79.1 cm³/mol. The molecule has 1 aromatic carbocycles. The van der Waals surface area contributed by atoms with Crippen LogP contribution in [0, 0.1) is 5.92 Å². The highest BCUT2D eigenvalue weighted by molar-refractivity contribution is 5.86. The second kappa shape index (κ2) is 5.19. The fraction of sp³-hybridized carbons (Fsp3) is 0.562. The summed E-state index contributed by atoms with van der Waals surface area (Å²) in [4.78, 5) is 14.6. The van der Waals surface area contributed by atoms with Crippen LogP contribution in [-0.2, 0) is 10.3 Å². The van der Waals surface area contributed by atoms with E-state index in [4.69, 9.17) is 5.73 Å². The maximum Gasteiger partial charge on any atom is 0.243 e. The van der Waals surface area contributed by atoms with Crippen molar-refractivity contribution in [2.24, 2.45) is 11.7 Å². The fourth-order valence-corrected chi connectivity index (χ4v) is 3.91. The van der Waals surface area contributed by atoms with E-state index < -0.39 is 5.54 Å².